The molecular weight excluding hydrogens is 390 g/mol. The van der Waals surface area contributed by atoms with E-state index >= 15 is 0 Å². The molecule has 2 aliphatic heterocycles. The van der Waals surface area contributed by atoms with E-state index in [9.17, 15) is 13.2 Å². The van der Waals surface area contributed by atoms with Crippen molar-refractivity contribution >= 4 is 28.3 Å². The van der Waals surface area contributed by atoms with Gasteiger partial charge in [-0.3, -0.25) is 4.79 Å². The fraction of sp³-hybridized carbons (Fsp3) is 0.611. The van der Waals surface area contributed by atoms with Crippen LogP contribution in [0.4, 0.5) is 0 Å². The number of likely N-dealkylation sites (tertiary alicyclic amines) is 1. The van der Waals surface area contributed by atoms with E-state index in [0.717, 1.165) is 32.1 Å². The number of sulfonamides is 1. The number of benzene rings is 1. The van der Waals surface area contributed by atoms with Crippen LogP contribution in [0.2, 0.25) is 0 Å². The van der Waals surface area contributed by atoms with Crippen molar-refractivity contribution in [3.05, 3.63) is 29.8 Å². The van der Waals surface area contributed by atoms with Gasteiger partial charge >= 0.3 is 0 Å². The quantitative estimate of drug-likeness (QED) is 0.730. The number of nitrogens with zero attached hydrogens (tertiary/aromatic N) is 1. The highest BCUT2D eigenvalue weighted by molar-refractivity contribution is 7.89. The molecule has 3 rings (SSSR count). The molecule has 2 aliphatic rings. The molecular formula is C18H28ClN3O4S. The van der Waals surface area contributed by atoms with Gasteiger partial charge in [0.2, 0.25) is 10.0 Å². The summed E-state index contributed by atoms with van der Waals surface area (Å²) in [5, 5.41) is 0. The summed E-state index contributed by atoms with van der Waals surface area (Å²) < 4.78 is 32.8. The molecule has 1 amide bonds. The van der Waals surface area contributed by atoms with Crippen LogP contribution in [-0.2, 0) is 14.8 Å². The summed E-state index contributed by atoms with van der Waals surface area (Å²) in [6.07, 6.45) is 4.75. The van der Waals surface area contributed by atoms with Gasteiger partial charge in [-0.05, 0) is 56.4 Å². The highest BCUT2D eigenvalue weighted by atomic mass is 35.5. The van der Waals surface area contributed by atoms with Crippen molar-refractivity contribution in [3.63, 3.8) is 0 Å². The lowest BCUT2D eigenvalue weighted by molar-refractivity contribution is 0.0623. The number of ether oxygens (including phenoxy) is 1. The highest BCUT2D eigenvalue weighted by Crippen LogP contribution is 2.20. The number of piperidine rings is 1. The van der Waals surface area contributed by atoms with Crippen molar-refractivity contribution in [3.8, 4) is 0 Å². The van der Waals surface area contributed by atoms with Gasteiger partial charge in [0.05, 0.1) is 11.0 Å². The molecule has 0 radical (unpaired) electrons. The first-order chi connectivity index (χ1) is 12.5. The van der Waals surface area contributed by atoms with E-state index in [1.165, 1.54) is 12.1 Å². The van der Waals surface area contributed by atoms with Crippen molar-refractivity contribution in [2.24, 2.45) is 5.73 Å². The SMILES string of the molecule is Cl.NCC1CCCCN1C(=O)c1ccc(S(=O)(=O)NCC2CCCO2)cc1. The molecule has 2 saturated heterocycles. The zero-order valence-corrected chi connectivity index (χ0v) is 16.9. The number of nitrogens with one attached hydrogen (secondary N) is 1. The van der Waals surface area contributed by atoms with Gasteiger partial charge in [-0.15, -0.1) is 12.4 Å². The summed E-state index contributed by atoms with van der Waals surface area (Å²) in [6.45, 7) is 2.10. The van der Waals surface area contributed by atoms with Crippen LogP contribution in [0.15, 0.2) is 29.2 Å². The molecule has 2 atom stereocenters. The molecule has 2 unspecified atom stereocenters. The minimum absolute atomic E-state index is 0. The molecule has 0 spiro atoms. The summed E-state index contributed by atoms with van der Waals surface area (Å²) in [6, 6.07) is 6.17. The molecule has 7 nitrogen and oxygen atoms in total. The van der Waals surface area contributed by atoms with Crippen molar-refractivity contribution in [2.45, 2.75) is 49.1 Å². The molecule has 0 bridgehead atoms. The van der Waals surface area contributed by atoms with Gasteiger partial charge in [0, 0.05) is 37.8 Å². The van der Waals surface area contributed by atoms with E-state index in [4.69, 9.17) is 10.5 Å². The van der Waals surface area contributed by atoms with Crippen LogP contribution in [-0.4, -0.2) is 57.6 Å². The molecule has 2 heterocycles. The zero-order chi connectivity index (χ0) is 18.6. The maximum atomic E-state index is 12.7. The predicted octanol–water partition coefficient (Wildman–Crippen LogP) is 1.52. The topological polar surface area (TPSA) is 102 Å². The second-order valence-corrected chi connectivity index (χ2v) is 8.66. The van der Waals surface area contributed by atoms with Crippen molar-refractivity contribution in [1.82, 2.24) is 9.62 Å². The molecule has 0 aromatic heterocycles. The number of amides is 1. The van der Waals surface area contributed by atoms with Crippen LogP contribution in [0.1, 0.15) is 42.5 Å². The molecule has 1 aromatic carbocycles. The number of hydrogen-bond donors (Lipinski definition) is 2. The van der Waals surface area contributed by atoms with Gasteiger partial charge in [0.1, 0.15) is 0 Å². The summed E-state index contributed by atoms with van der Waals surface area (Å²) in [7, 11) is -3.61. The Morgan fingerprint density at radius 3 is 2.56 bits per heavy atom. The number of hydrogen-bond acceptors (Lipinski definition) is 5. The first-order valence-electron chi connectivity index (χ1n) is 9.23. The maximum Gasteiger partial charge on any atom is 0.254 e. The minimum atomic E-state index is -3.61. The highest BCUT2D eigenvalue weighted by Gasteiger charge is 2.27. The molecule has 0 aliphatic carbocycles. The number of nitrogens with two attached hydrogens (primary N) is 1. The lowest BCUT2D eigenvalue weighted by Gasteiger charge is -2.35. The summed E-state index contributed by atoms with van der Waals surface area (Å²) in [4.78, 5) is 14.7. The van der Waals surface area contributed by atoms with Gasteiger partial charge in [0.15, 0.2) is 0 Å². The van der Waals surface area contributed by atoms with Crippen LogP contribution in [0.5, 0.6) is 0 Å². The van der Waals surface area contributed by atoms with Crippen LogP contribution < -0.4 is 10.5 Å². The fourth-order valence-corrected chi connectivity index (χ4v) is 4.61. The summed E-state index contributed by atoms with van der Waals surface area (Å²) >= 11 is 0. The summed E-state index contributed by atoms with van der Waals surface area (Å²) in [5.74, 6) is -0.0867. The van der Waals surface area contributed by atoms with E-state index in [0.29, 0.717) is 25.3 Å². The fourth-order valence-electron chi connectivity index (χ4n) is 3.55. The first-order valence-corrected chi connectivity index (χ1v) is 10.7. The predicted molar refractivity (Wildman–Crippen MR) is 106 cm³/mol. The van der Waals surface area contributed by atoms with Gasteiger partial charge in [-0.1, -0.05) is 0 Å². The van der Waals surface area contributed by atoms with E-state index in [2.05, 4.69) is 4.72 Å². The average Bonchev–Trinajstić information content (AvgIpc) is 3.20. The normalized spacial score (nSPS) is 23.1. The van der Waals surface area contributed by atoms with Gasteiger partial charge in [0.25, 0.3) is 5.91 Å². The molecule has 1 aromatic rings. The molecule has 9 heteroatoms. The molecule has 3 N–H and O–H groups in total. The largest absolute Gasteiger partial charge is 0.377 e. The Hall–Kier alpha value is -1.19. The molecule has 0 saturated carbocycles. The van der Waals surface area contributed by atoms with Crippen LogP contribution in [0.25, 0.3) is 0 Å². The van der Waals surface area contributed by atoms with Crippen molar-refractivity contribution in [1.29, 1.82) is 0 Å². The van der Waals surface area contributed by atoms with Crippen molar-refractivity contribution < 1.29 is 17.9 Å². The Morgan fingerprint density at radius 2 is 1.93 bits per heavy atom. The lowest BCUT2D eigenvalue weighted by Crippen LogP contribution is -2.47. The van der Waals surface area contributed by atoms with E-state index in [1.807, 2.05) is 4.90 Å². The Balaban J connectivity index is 0.00000261. The van der Waals surface area contributed by atoms with Crippen LogP contribution >= 0.6 is 12.4 Å². The number of carbonyl (C=O) groups is 1. The smallest absolute Gasteiger partial charge is 0.254 e. The first kappa shape index (κ1) is 22.1. The minimum Gasteiger partial charge on any atom is -0.377 e. The third-order valence-electron chi connectivity index (χ3n) is 5.10. The van der Waals surface area contributed by atoms with Crippen LogP contribution in [0.3, 0.4) is 0 Å². The Morgan fingerprint density at radius 1 is 1.19 bits per heavy atom. The Kier molecular flexibility index (Phi) is 8.05. The molecule has 2 fully saturated rings. The van der Waals surface area contributed by atoms with Gasteiger partial charge in [-0.25, -0.2) is 13.1 Å². The monoisotopic (exact) mass is 417 g/mol. The molecule has 152 valence electrons. The number of carbonyl (C=O) groups excluding carboxylic acids is 1. The third-order valence-corrected chi connectivity index (χ3v) is 6.54. The lowest BCUT2D eigenvalue weighted by atomic mass is 10.0. The number of halogens is 1. The average molecular weight is 418 g/mol. The zero-order valence-electron chi connectivity index (χ0n) is 15.3. The summed E-state index contributed by atoms with van der Waals surface area (Å²) in [5.41, 5.74) is 6.27. The van der Waals surface area contributed by atoms with E-state index < -0.39 is 10.0 Å². The Labute approximate surface area is 167 Å². The van der Waals surface area contributed by atoms with Crippen LogP contribution in [0, 0.1) is 0 Å². The Bertz CT molecular complexity index is 721. The van der Waals surface area contributed by atoms with E-state index in [-0.39, 0.29) is 41.9 Å². The third kappa shape index (κ3) is 5.42. The van der Waals surface area contributed by atoms with Gasteiger partial charge in [-0.2, -0.15) is 0 Å². The second kappa shape index (κ2) is 9.84. The standard InChI is InChI=1S/C18H27N3O4S.ClH/c19-12-15-4-1-2-10-21(15)18(22)14-6-8-17(9-7-14)26(23,24)20-13-16-5-3-11-25-16;/h6-9,15-16,20H,1-5,10-13,19H2;1H. The molecule has 27 heavy (non-hydrogen) atoms. The van der Waals surface area contributed by atoms with Crippen molar-refractivity contribution in [2.75, 3.05) is 26.2 Å². The second-order valence-electron chi connectivity index (χ2n) is 6.90. The number of rotatable bonds is 6. The maximum absolute atomic E-state index is 12.7. The van der Waals surface area contributed by atoms with Gasteiger partial charge < -0.3 is 15.4 Å². The van der Waals surface area contributed by atoms with E-state index in [1.54, 1.807) is 12.1 Å².